The van der Waals surface area contributed by atoms with Gasteiger partial charge in [0, 0.05) is 18.4 Å². The van der Waals surface area contributed by atoms with Crippen LogP contribution in [-0.4, -0.2) is 42.0 Å². The summed E-state index contributed by atoms with van der Waals surface area (Å²) in [5.74, 6) is -0.852. The van der Waals surface area contributed by atoms with Gasteiger partial charge < -0.3 is 14.8 Å². The Hall–Kier alpha value is -3.42. The predicted octanol–water partition coefficient (Wildman–Crippen LogP) is 2.01. The second-order valence-corrected chi connectivity index (χ2v) is 6.03. The lowest BCUT2D eigenvalue weighted by Gasteiger charge is -2.38. The smallest absolute Gasteiger partial charge is 0.337 e. The number of rotatable bonds is 4. The first-order valence-corrected chi connectivity index (χ1v) is 8.36. The second kappa shape index (κ2) is 7.06. The molecule has 140 valence electrons. The molecular weight excluding hydrogens is 350 g/mol. The summed E-state index contributed by atoms with van der Waals surface area (Å²) in [6.07, 6.45) is 1.56. The van der Waals surface area contributed by atoms with Crippen molar-refractivity contribution in [2.45, 2.75) is 19.4 Å². The number of likely N-dealkylation sites (N-methyl/N-ethyl adjacent to an activating group) is 1. The molecule has 1 aromatic carbocycles. The quantitative estimate of drug-likeness (QED) is 0.654. The minimum absolute atomic E-state index is 0.350. The van der Waals surface area contributed by atoms with Gasteiger partial charge in [-0.05, 0) is 50.2 Å². The highest BCUT2D eigenvalue weighted by molar-refractivity contribution is 6.19. The molecular formula is C19H19N3O5. The van der Waals surface area contributed by atoms with Gasteiger partial charge in [0.25, 0.3) is 17.4 Å². The number of hydrogen-bond acceptors (Lipinski definition) is 6. The Morgan fingerprint density at radius 1 is 1.26 bits per heavy atom. The van der Waals surface area contributed by atoms with Crippen LogP contribution in [0.1, 0.15) is 24.2 Å². The number of aromatic nitrogens is 1. The lowest BCUT2D eigenvalue weighted by atomic mass is 10.0. The van der Waals surface area contributed by atoms with Crippen LogP contribution in [0.15, 0.2) is 42.6 Å². The Bertz CT molecular complexity index is 896. The van der Waals surface area contributed by atoms with Gasteiger partial charge in [0.1, 0.15) is 0 Å². The molecule has 0 spiro atoms. The lowest BCUT2D eigenvalue weighted by Crippen LogP contribution is -2.60. The van der Waals surface area contributed by atoms with Crippen molar-refractivity contribution in [1.82, 2.24) is 4.98 Å². The number of nitrogens with zero attached hydrogens (tertiary/aromatic N) is 2. The molecule has 0 radical (unpaired) electrons. The monoisotopic (exact) mass is 369 g/mol. The Balaban J connectivity index is 1.85. The van der Waals surface area contributed by atoms with Gasteiger partial charge in [0.05, 0.1) is 12.7 Å². The van der Waals surface area contributed by atoms with E-state index in [4.69, 9.17) is 4.74 Å². The van der Waals surface area contributed by atoms with Gasteiger partial charge in [-0.3, -0.25) is 14.5 Å². The molecule has 0 saturated carbocycles. The predicted molar refractivity (Wildman–Crippen MR) is 97.7 cm³/mol. The molecule has 1 N–H and O–H groups in total. The van der Waals surface area contributed by atoms with Crippen LogP contribution in [0.5, 0.6) is 5.75 Å². The lowest BCUT2D eigenvalue weighted by molar-refractivity contribution is -0.145. The fraction of sp³-hybridized carbons (Fsp3) is 0.263. The van der Waals surface area contributed by atoms with Crippen molar-refractivity contribution < 1.29 is 23.9 Å². The third kappa shape index (κ3) is 3.21. The number of methoxy groups -OCH3 is 1. The molecule has 27 heavy (non-hydrogen) atoms. The molecule has 1 aromatic heterocycles. The van der Waals surface area contributed by atoms with Gasteiger partial charge in [-0.25, -0.2) is 9.78 Å². The third-order valence-electron chi connectivity index (χ3n) is 4.29. The maximum atomic E-state index is 12.9. The number of nitrogens with one attached hydrogen (secondary N) is 1. The molecule has 2 amide bonds. The van der Waals surface area contributed by atoms with Crippen molar-refractivity contribution in [3.8, 4) is 5.75 Å². The third-order valence-corrected chi connectivity index (χ3v) is 4.29. The fourth-order valence-corrected chi connectivity index (χ4v) is 2.78. The molecule has 8 heteroatoms. The molecule has 0 unspecified atom stereocenters. The number of pyridine rings is 1. The topological polar surface area (TPSA) is 97.8 Å². The minimum atomic E-state index is -1.74. The van der Waals surface area contributed by atoms with Gasteiger partial charge in [-0.1, -0.05) is 0 Å². The Labute approximate surface area is 156 Å². The Morgan fingerprint density at radius 3 is 2.59 bits per heavy atom. The molecule has 1 aliphatic heterocycles. The fourth-order valence-electron chi connectivity index (χ4n) is 2.78. The molecule has 0 aliphatic carbocycles. The van der Waals surface area contributed by atoms with Crippen LogP contribution in [0.2, 0.25) is 0 Å². The van der Waals surface area contributed by atoms with E-state index in [0.29, 0.717) is 29.4 Å². The number of amides is 2. The van der Waals surface area contributed by atoms with Crippen molar-refractivity contribution >= 4 is 29.3 Å². The van der Waals surface area contributed by atoms with Crippen molar-refractivity contribution in [2.24, 2.45) is 0 Å². The highest BCUT2D eigenvalue weighted by Gasteiger charge is 2.50. The first-order chi connectivity index (χ1) is 12.9. The Morgan fingerprint density at radius 2 is 1.96 bits per heavy atom. The normalized spacial score (nSPS) is 18.3. The van der Waals surface area contributed by atoms with E-state index in [2.05, 4.69) is 15.0 Å². The van der Waals surface area contributed by atoms with Crippen LogP contribution in [0.3, 0.4) is 0 Å². The number of carbonyl (C=O) groups is 3. The molecule has 2 aromatic rings. The zero-order valence-electron chi connectivity index (χ0n) is 15.2. The maximum absolute atomic E-state index is 12.9. The van der Waals surface area contributed by atoms with Crippen LogP contribution >= 0.6 is 0 Å². The summed E-state index contributed by atoms with van der Waals surface area (Å²) < 4.78 is 10.4. The molecule has 1 atom stereocenters. The van der Waals surface area contributed by atoms with Crippen molar-refractivity contribution in [2.75, 3.05) is 23.9 Å². The van der Waals surface area contributed by atoms with Gasteiger partial charge >= 0.3 is 5.97 Å². The molecule has 0 bridgehead atoms. The number of carbonyl (C=O) groups excluding carboxylic acids is 3. The van der Waals surface area contributed by atoms with Gasteiger partial charge in [-0.2, -0.15) is 0 Å². The number of benzene rings is 1. The van der Waals surface area contributed by atoms with E-state index in [1.807, 2.05) is 0 Å². The van der Waals surface area contributed by atoms with Crippen molar-refractivity contribution in [3.63, 3.8) is 0 Å². The van der Waals surface area contributed by atoms with E-state index in [-0.39, 0.29) is 0 Å². The summed E-state index contributed by atoms with van der Waals surface area (Å²) in [4.78, 5) is 42.8. The summed E-state index contributed by atoms with van der Waals surface area (Å²) in [5.41, 5.74) is -0.971. The number of hydrogen-bond donors (Lipinski definition) is 1. The number of esters is 1. The first-order valence-electron chi connectivity index (χ1n) is 8.36. The number of fused-ring (bicyclic) bond motifs is 1. The summed E-state index contributed by atoms with van der Waals surface area (Å²) in [7, 11) is 1.29. The minimum Gasteiger partial charge on any atom is -0.465 e. The average molecular weight is 369 g/mol. The number of anilines is 2. The summed E-state index contributed by atoms with van der Waals surface area (Å²) >= 11 is 0. The van der Waals surface area contributed by atoms with Crippen LogP contribution < -0.4 is 15.0 Å². The molecule has 8 nitrogen and oxygen atoms in total. The molecule has 3 rings (SSSR count). The summed E-state index contributed by atoms with van der Waals surface area (Å²) in [5, 5.41) is 2.66. The first kappa shape index (κ1) is 18.4. The molecule has 1 aliphatic rings. The second-order valence-electron chi connectivity index (χ2n) is 6.03. The zero-order valence-corrected chi connectivity index (χ0v) is 15.2. The highest BCUT2D eigenvalue weighted by Crippen LogP contribution is 2.36. The van der Waals surface area contributed by atoms with Crippen LogP contribution in [0, 0.1) is 0 Å². The van der Waals surface area contributed by atoms with Crippen LogP contribution in [0.4, 0.5) is 11.5 Å². The molecule has 0 fully saturated rings. The van der Waals surface area contributed by atoms with E-state index in [1.165, 1.54) is 31.1 Å². The van der Waals surface area contributed by atoms with E-state index in [1.54, 1.807) is 37.4 Å². The van der Waals surface area contributed by atoms with E-state index >= 15 is 0 Å². The van der Waals surface area contributed by atoms with Gasteiger partial charge in [0.15, 0.2) is 11.6 Å². The van der Waals surface area contributed by atoms with E-state index < -0.39 is 23.4 Å². The standard InChI is InChI=1S/C19H19N3O5/c1-4-22-15-14(6-5-11-20-15)27-19(2,18(22)25)17(24)21-13-9-7-12(8-10-13)16(23)26-3/h5-11H,4H2,1-3H3,(H,21,24)/t19-/m0/s1. The average Bonchev–Trinajstić information content (AvgIpc) is 2.69. The summed E-state index contributed by atoms with van der Waals surface area (Å²) in [6.45, 7) is 3.57. The Kier molecular flexibility index (Phi) is 4.81. The maximum Gasteiger partial charge on any atom is 0.337 e. The van der Waals surface area contributed by atoms with E-state index in [0.717, 1.165) is 0 Å². The molecule has 2 heterocycles. The largest absolute Gasteiger partial charge is 0.465 e. The van der Waals surface area contributed by atoms with Crippen LogP contribution in [0.25, 0.3) is 0 Å². The molecule has 0 saturated heterocycles. The van der Waals surface area contributed by atoms with Gasteiger partial charge in [0.2, 0.25) is 0 Å². The summed E-state index contributed by atoms with van der Waals surface area (Å²) in [6, 6.07) is 9.47. The van der Waals surface area contributed by atoms with Crippen molar-refractivity contribution in [3.05, 3.63) is 48.2 Å². The SMILES string of the molecule is CCN1C(=O)[C@](C)(C(=O)Nc2ccc(C(=O)OC)cc2)Oc2cccnc21. The number of ether oxygens (including phenoxy) is 2. The van der Waals surface area contributed by atoms with E-state index in [9.17, 15) is 14.4 Å². The van der Waals surface area contributed by atoms with Crippen molar-refractivity contribution in [1.29, 1.82) is 0 Å². The van der Waals surface area contributed by atoms with Crippen LogP contribution in [-0.2, 0) is 14.3 Å². The zero-order chi connectivity index (χ0) is 19.6. The highest BCUT2D eigenvalue weighted by atomic mass is 16.5. The van der Waals surface area contributed by atoms with Gasteiger partial charge in [-0.15, -0.1) is 0 Å².